The molecule has 0 saturated heterocycles. The van der Waals surface area contributed by atoms with Crippen molar-refractivity contribution in [2.45, 2.75) is 13.3 Å². The van der Waals surface area contributed by atoms with Crippen molar-refractivity contribution in [2.75, 3.05) is 14.1 Å². The zero-order valence-corrected chi connectivity index (χ0v) is 8.22. The van der Waals surface area contributed by atoms with Crippen molar-refractivity contribution in [3.63, 3.8) is 0 Å². The fourth-order valence-electron chi connectivity index (χ4n) is 0.361. The van der Waals surface area contributed by atoms with Gasteiger partial charge in [-0.05, 0) is 6.42 Å². The van der Waals surface area contributed by atoms with E-state index in [9.17, 15) is 4.79 Å². The largest absolute Gasteiger partial charge is 0.372 e. The summed E-state index contributed by atoms with van der Waals surface area (Å²) in [5, 5.41) is 3.40. The molecule has 4 nitrogen and oxygen atoms in total. The summed E-state index contributed by atoms with van der Waals surface area (Å²) >= 11 is 4.69. The molecule has 0 bridgehead atoms. The van der Waals surface area contributed by atoms with Crippen molar-refractivity contribution >= 4 is 29.4 Å². The Kier molecular flexibility index (Phi) is 5.19. The van der Waals surface area contributed by atoms with Crippen molar-refractivity contribution < 1.29 is 9.63 Å². The lowest BCUT2D eigenvalue weighted by atomic mass is 10.3. The van der Waals surface area contributed by atoms with Gasteiger partial charge in [0.2, 0.25) is 0 Å². The predicted molar refractivity (Wildman–Crippen MR) is 51.2 cm³/mol. The summed E-state index contributed by atoms with van der Waals surface area (Å²) in [6.45, 7) is 1.79. The van der Waals surface area contributed by atoms with Crippen LogP contribution in [0.4, 0.5) is 0 Å². The van der Waals surface area contributed by atoms with E-state index < -0.39 is 5.97 Å². The van der Waals surface area contributed by atoms with Crippen molar-refractivity contribution in [1.29, 1.82) is 0 Å². The zero-order valence-electron chi connectivity index (χ0n) is 7.40. The molecule has 0 rings (SSSR count). The Morgan fingerprint density at radius 2 is 2.25 bits per heavy atom. The molecule has 0 N–H and O–H groups in total. The van der Waals surface area contributed by atoms with Gasteiger partial charge in [-0.1, -0.05) is 24.3 Å². The highest BCUT2D eigenvalue weighted by atomic mass is 32.1. The van der Waals surface area contributed by atoms with E-state index in [1.165, 1.54) is 6.34 Å². The zero-order chi connectivity index (χ0) is 9.56. The van der Waals surface area contributed by atoms with Crippen LogP contribution in [0.2, 0.25) is 0 Å². The molecule has 5 heteroatoms. The summed E-state index contributed by atoms with van der Waals surface area (Å²) in [7, 11) is 3.55. The molecule has 0 fully saturated rings. The maximum absolute atomic E-state index is 10.9. The molecule has 0 amide bonds. The average molecular weight is 188 g/mol. The van der Waals surface area contributed by atoms with Crippen LogP contribution in [0.25, 0.3) is 0 Å². The van der Waals surface area contributed by atoms with Gasteiger partial charge in [-0.3, -0.25) is 0 Å². The summed E-state index contributed by atoms with van der Waals surface area (Å²) < 4.78 is 0. The van der Waals surface area contributed by atoms with E-state index in [4.69, 9.17) is 12.2 Å². The quantitative estimate of drug-likeness (QED) is 0.215. The highest BCUT2D eigenvalue weighted by Crippen LogP contribution is 1.90. The highest BCUT2D eigenvalue weighted by molar-refractivity contribution is 7.82. The van der Waals surface area contributed by atoms with Crippen LogP contribution in [0, 0.1) is 0 Å². The first-order chi connectivity index (χ1) is 5.57. The number of rotatable bonds is 4. The summed E-state index contributed by atoms with van der Waals surface area (Å²) in [5.74, 6) is -0.550. The van der Waals surface area contributed by atoms with Crippen molar-refractivity contribution in [3.05, 3.63) is 0 Å². The number of oxime groups is 1. The van der Waals surface area contributed by atoms with Gasteiger partial charge in [0.1, 0.15) is 11.2 Å². The van der Waals surface area contributed by atoms with Gasteiger partial charge in [-0.25, -0.2) is 4.79 Å². The van der Waals surface area contributed by atoms with Gasteiger partial charge in [0.25, 0.3) is 0 Å². The van der Waals surface area contributed by atoms with E-state index in [1.54, 1.807) is 25.9 Å². The Labute approximate surface area is 77.2 Å². The van der Waals surface area contributed by atoms with Gasteiger partial charge >= 0.3 is 5.97 Å². The van der Waals surface area contributed by atoms with E-state index >= 15 is 0 Å². The molecule has 0 aliphatic rings. The van der Waals surface area contributed by atoms with Gasteiger partial charge in [0.05, 0.1) is 0 Å². The number of carbonyl (C=O) groups excluding carboxylic acids is 1. The molecule has 0 unspecified atom stereocenters. The van der Waals surface area contributed by atoms with E-state index in [0.29, 0.717) is 6.42 Å². The SMILES string of the molecule is CCC(=S)C(=O)ON=CN(C)C. The monoisotopic (exact) mass is 188 g/mol. The van der Waals surface area contributed by atoms with Crippen LogP contribution < -0.4 is 0 Å². The van der Waals surface area contributed by atoms with E-state index in [2.05, 4.69) is 9.99 Å². The van der Waals surface area contributed by atoms with Crippen molar-refractivity contribution in [3.8, 4) is 0 Å². The molecular formula is C7H12N2O2S. The second-order valence-corrected chi connectivity index (χ2v) is 2.83. The van der Waals surface area contributed by atoms with Crippen LogP contribution in [0.15, 0.2) is 5.16 Å². The number of carbonyl (C=O) groups is 1. The molecule has 0 aromatic heterocycles. The van der Waals surface area contributed by atoms with Crippen LogP contribution in [-0.4, -0.2) is 36.2 Å². The first kappa shape index (κ1) is 11.0. The van der Waals surface area contributed by atoms with Gasteiger partial charge in [-0.15, -0.1) is 0 Å². The van der Waals surface area contributed by atoms with E-state index in [1.807, 2.05) is 0 Å². The third-order valence-corrected chi connectivity index (χ3v) is 1.42. The Balaban J connectivity index is 3.79. The smallest absolute Gasteiger partial charge is 0.366 e. The Bertz CT molecular complexity index is 202. The second-order valence-electron chi connectivity index (χ2n) is 2.34. The molecule has 0 aliphatic heterocycles. The topological polar surface area (TPSA) is 41.9 Å². The van der Waals surface area contributed by atoms with Crippen molar-refractivity contribution in [1.82, 2.24) is 4.90 Å². The molecule has 68 valence electrons. The molecule has 0 radical (unpaired) electrons. The summed E-state index contributed by atoms with van der Waals surface area (Å²) in [5.41, 5.74) is 0. The van der Waals surface area contributed by atoms with Crippen LogP contribution in [0.1, 0.15) is 13.3 Å². The Morgan fingerprint density at radius 1 is 1.67 bits per heavy atom. The second kappa shape index (κ2) is 5.65. The molecule has 0 spiro atoms. The molecule has 0 aromatic carbocycles. The number of hydrogen-bond donors (Lipinski definition) is 0. The lowest BCUT2D eigenvalue weighted by Crippen LogP contribution is -2.13. The molecule has 12 heavy (non-hydrogen) atoms. The normalized spacial score (nSPS) is 9.92. The Morgan fingerprint density at radius 3 is 2.67 bits per heavy atom. The Hall–Kier alpha value is -0.970. The highest BCUT2D eigenvalue weighted by Gasteiger charge is 2.06. The molecule has 0 heterocycles. The maximum Gasteiger partial charge on any atom is 0.372 e. The minimum absolute atomic E-state index is 0.255. The van der Waals surface area contributed by atoms with Crippen LogP contribution in [0.5, 0.6) is 0 Å². The fraction of sp³-hybridized carbons (Fsp3) is 0.571. The predicted octanol–water partition coefficient (Wildman–Crippen LogP) is 0.814. The molecular weight excluding hydrogens is 176 g/mol. The van der Waals surface area contributed by atoms with E-state index in [0.717, 1.165) is 0 Å². The molecule has 0 saturated carbocycles. The van der Waals surface area contributed by atoms with Gasteiger partial charge in [-0.2, -0.15) is 0 Å². The number of nitrogens with zero attached hydrogens (tertiary/aromatic N) is 2. The lowest BCUT2D eigenvalue weighted by molar-refractivity contribution is -0.135. The maximum atomic E-state index is 10.9. The summed E-state index contributed by atoms with van der Waals surface area (Å²) in [6.07, 6.45) is 1.89. The lowest BCUT2D eigenvalue weighted by Gasteiger charge is -2.01. The fourth-order valence-corrected chi connectivity index (χ4v) is 0.398. The average Bonchev–Trinajstić information content (AvgIpc) is 2.02. The van der Waals surface area contributed by atoms with Gasteiger partial charge in [0.15, 0.2) is 0 Å². The molecule has 0 aliphatic carbocycles. The first-order valence-electron chi connectivity index (χ1n) is 3.52. The molecule has 0 aromatic rings. The number of hydrogen-bond acceptors (Lipinski definition) is 4. The van der Waals surface area contributed by atoms with Crippen LogP contribution in [0.3, 0.4) is 0 Å². The standard InChI is InChI=1S/C7H12N2O2S/c1-4-6(12)7(10)11-8-5-9(2)3/h5H,4H2,1-3H3. The van der Waals surface area contributed by atoms with E-state index in [-0.39, 0.29) is 4.86 Å². The van der Waals surface area contributed by atoms with Crippen LogP contribution in [-0.2, 0) is 9.63 Å². The van der Waals surface area contributed by atoms with Crippen molar-refractivity contribution in [2.24, 2.45) is 5.16 Å². The third kappa shape index (κ3) is 4.79. The first-order valence-corrected chi connectivity index (χ1v) is 3.92. The van der Waals surface area contributed by atoms with Crippen LogP contribution >= 0.6 is 12.2 Å². The summed E-state index contributed by atoms with van der Waals surface area (Å²) in [6, 6.07) is 0. The molecule has 0 atom stereocenters. The van der Waals surface area contributed by atoms with Gasteiger partial charge < -0.3 is 9.74 Å². The minimum Gasteiger partial charge on any atom is -0.366 e. The van der Waals surface area contributed by atoms with Gasteiger partial charge in [0, 0.05) is 14.1 Å². The third-order valence-electron chi connectivity index (χ3n) is 0.962. The summed E-state index contributed by atoms with van der Waals surface area (Å²) in [4.78, 5) is 17.2. The minimum atomic E-state index is -0.550. The number of thiocarbonyl (C=S) groups is 1.